The van der Waals surface area contributed by atoms with Crippen molar-refractivity contribution in [2.24, 2.45) is 0 Å². The summed E-state index contributed by atoms with van der Waals surface area (Å²) < 4.78 is 0.794. The van der Waals surface area contributed by atoms with E-state index in [1.54, 1.807) is 0 Å². The number of anilines is 2. The molecule has 0 unspecified atom stereocenters. The lowest BCUT2D eigenvalue weighted by molar-refractivity contribution is -0.120. The van der Waals surface area contributed by atoms with Crippen LogP contribution in [0.5, 0.6) is 0 Å². The second-order valence-electron chi connectivity index (χ2n) is 4.34. The van der Waals surface area contributed by atoms with E-state index in [2.05, 4.69) is 48.8 Å². The Hall–Kier alpha value is -1.37. The van der Waals surface area contributed by atoms with Crippen LogP contribution in [-0.2, 0) is 4.79 Å². The minimum atomic E-state index is 0.0499. The summed E-state index contributed by atoms with van der Waals surface area (Å²) in [4.78, 5) is 19.8. The zero-order chi connectivity index (χ0) is 14.8. The quantitative estimate of drug-likeness (QED) is 0.641. The molecule has 0 spiro atoms. The van der Waals surface area contributed by atoms with Crippen LogP contribution in [-0.4, -0.2) is 35.5 Å². The van der Waals surface area contributed by atoms with Crippen LogP contribution in [0.25, 0.3) is 0 Å². The summed E-state index contributed by atoms with van der Waals surface area (Å²) in [5, 5.41) is 9.19. The highest BCUT2D eigenvalue weighted by atomic mass is 79.9. The van der Waals surface area contributed by atoms with Crippen LogP contribution in [0.3, 0.4) is 0 Å². The van der Waals surface area contributed by atoms with Crippen molar-refractivity contribution >= 4 is 33.5 Å². The normalized spacial score (nSPS) is 10.2. The van der Waals surface area contributed by atoms with Gasteiger partial charge in [0, 0.05) is 26.1 Å². The molecule has 1 heterocycles. The number of amides is 1. The molecule has 0 radical (unpaired) electrons. The van der Waals surface area contributed by atoms with E-state index in [1.807, 2.05) is 6.92 Å². The summed E-state index contributed by atoms with van der Waals surface area (Å²) in [6.45, 7) is 6.24. The lowest BCUT2D eigenvalue weighted by Crippen LogP contribution is -2.26. The van der Waals surface area contributed by atoms with Crippen molar-refractivity contribution < 1.29 is 4.79 Å². The van der Waals surface area contributed by atoms with E-state index < -0.39 is 0 Å². The number of halogens is 1. The zero-order valence-corrected chi connectivity index (χ0v) is 13.6. The Morgan fingerprint density at radius 3 is 2.30 bits per heavy atom. The highest BCUT2D eigenvalue weighted by molar-refractivity contribution is 9.10. The van der Waals surface area contributed by atoms with Crippen molar-refractivity contribution in [1.82, 2.24) is 15.3 Å². The Balaban J connectivity index is 2.45. The van der Waals surface area contributed by atoms with Crippen LogP contribution in [0.15, 0.2) is 10.8 Å². The molecule has 0 aliphatic rings. The first kappa shape index (κ1) is 16.7. The first-order valence-electron chi connectivity index (χ1n) is 6.94. The van der Waals surface area contributed by atoms with E-state index in [0.717, 1.165) is 36.2 Å². The monoisotopic (exact) mass is 343 g/mol. The van der Waals surface area contributed by atoms with Crippen molar-refractivity contribution in [2.75, 3.05) is 30.3 Å². The largest absolute Gasteiger partial charge is 0.369 e. The molecule has 6 nitrogen and oxygen atoms in total. The molecular formula is C13H22BrN5O. The smallest absolute Gasteiger partial charge is 0.221 e. The standard InChI is InChI=1S/C13H22BrN5O/c1-3-6-15-10(20)5-8-17-13-11(14)12(16-7-4-2)18-9-19-13/h9H,3-8H2,1-2H3,(H,15,20)(H2,16,17,18,19). The van der Waals surface area contributed by atoms with Crippen LogP contribution in [0.4, 0.5) is 11.6 Å². The van der Waals surface area contributed by atoms with E-state index in [9.17, 15) is 4.79 Å². The van der Waals surface area contributed by atoms with Crippen LogP contribution >= 0.6 is 15.9 Å². The van der Waals surface area contributed by atoms with Gasteiger partial charge in [0.1, 0.15) is 22.4 Å². The topological polar surface area (TPSA) is 78.9 Å². The Labute approximate surface area is 128 Å². The zero-order valence-electron chi connectivity index (χ0n) is 12.0. The van der Waals surface area contributed by atoms with Crippen LogP contribution in [0.1, 0.15) is 33.1 Å². The third-order valence-corrected chi connectivity index (χ3v) is 3.30. The van der Waals surface area contributed by atoms with Crippen molar-refractivity contribution in [3.8, 4) is 0 Å². The van der Waals surface area contributed by atoms with Crippen LogP contribution in [0.2, 0.25) is 0 Å². The van der Waals surface area contributed by atoms with Crippen molar-refractivity contribution in [2.45, 2.75) is 33.1 Å². The SMILES string of the molecule is CCCNC(=O)CCNc1ncnc(NCCC)c1Br. The molecule has 1 aromatic rings. The Morgan fingerprint density at radius 2 is 1.70 bits per heavy atom. The Morgan fingerprint density at radius 1 is 1.10 bits per heavy atom. The molecule has 20 heavy (non-hydrogen) atoms. The van der Waals surface area contributed by atoms with Gasteiger partial charge < -0.3 is 16.0 Å². The Bertz CT molecular complexity index is 427. The number of aromatic nitrogens is 2. The summed E-state index contributed by atoms with van der Waals surface area (Å²) in [5.74, 6) is 1.51. The molecule has 3 N–H and O–H groups in total. The number of nitrogens with one attached hydrogen (secondary N) is 3. The van der Waals surface area contributed by atoms with E-state index in [-0.39, 0.29) is 5.91 Å². The first-order valence-corrected chi connectivity index (χ1v) is 7.73. The molecule has 0 saturated heterocycles. The average molecular weight is 344 g/mol. The fourth-order valence-corrected chi connectivity index (χ4v) is 1.99. The van der Waals surface area contributed by atoms with Gasteiger partial charge in [0.2, 0.25) is 5.91 Å². The minimum Gasteiger partial charge on any atom is -0.369 e. The van der Waals surface area contributed by atoms with Crippen LogP contribution in [0, 0.1) is 0 Å². The van der Waals surface area contributed by atoms with Gasteiger partial charge in [-0.25, -0.2) is 9.97 Å². The molecule has 112 valence electrons. The fourth-order valence-electron chi connectivity index (χ4n) is 1.51. The molecule has 0 bridgehead atoms. The number of hydrogen-bond donors (Lipinski definition) is 3. The summed E-state index contributed by atoms with van der Waals surface area (Å²) in [7, 11) is 0. The molecule has 1 aromatic heterocycles. The maximum absolute atomic E-state index is 11.5. The summed E-state index contributed by atoms with van der Waals surface area (Å²) in [6, 6.07) is 0. The molecule has 0 saturated carbocycles. The summed E-state index contributed by atoms with van der Waals surface area (Å²) >= 11 is 3.47. The number of carbonyl (C=O) groups is 1. The molecule has 1 amide bonds. The van der Waals surface area contributed by atoms with Gasteiger partial charge in [-0.3, -0.25) is 4.79 Å². The van der Waals surface area contributed by atoms with Crippen molar-refractivity contribution in [3.63, 3.8) is 0 Å². The fraction of sp³-hybridized carbons (Fsp3) is 0.615. The van der Waals surface area contributed by atoms with Gasteiger partial charge in [-0.15, -0.1) is 0 Å². The third kappa shape index (κ3) is 5.73. The van der Waals surface area contributed by atoms with Gasteiger partial charge in [0.15, 0.2) is 0 Å². The van der Waals surface area contributed by atoms with Crippen molar-refractivity contribution in [1.29, 1.82) is 0 Å². The molecular weight excluding hydrogens is 322 g/mol. The first-order chi connectivity index (χ1) is 9.69. The Kier molecular flexibility index (Phi) is 7.94. The van der Waals surface area contributed by atoms with E-state index >= 15 is 0 Å². The van der Waals surface area contributed by atoms with E-state index in [1.165, 1.54) is 6.33 Å². The predicted octanol–water partition coefficient (Wildman–Crippen LogP) is 2.39. The summed E-state index contributed by atoms with van der Waals surface area (Å²) in [6.07, 6.45) is 3.90. The second kappa shape index (κ2) is 9.52. The molecule has 0 aliphatic carbocycles. The van der Waals surface area contributed by atoms with E-state index in [4.69, 9.17) is 0 Å². The van der Waals surface area contributed by atoms with Gasteiger partial charge in [0.25, 0.3) is 0 Å². The van der Waals surface area contributed by atoms with Gasteiger partial charge in [-0.1, -0.05) is 13.8 Å². The molecule has 0 aliphatic heterocycles. The van der Waals surface area contributed by atoms with Crippen LogP contribution < -0.4 is 16.0 Å². The minimum absolute atomic E-state index is 0.0499. The maximum Gasteiger partial charge on any atom is 0.221 e. The number of hydrogen-bond acceptors (Lipinski definition) is 5. The lowest BCUT2D eigenvalue weighted by Gasteiger charge is -2.11. The van der Waals surface area contributed by atoms with Gasteiger partial charge in [0.05, 0.1) is 0 Å². The average Bonchev–Trinajstić information content (AvgIpc) is 2.45. The maximum atomic E-state index is 11.5. The highest BCUT2D eigenvalue weighted by Crippen LogP contribution is 2.26. The van der Waals surface area contributed by atoms with Crippen molar-refractivity contribution in [3.05, 3.63) is 10.8 Å². The molecule has 1 rings (SSSR count). The molecule has 0 atom stereocenters. The molecule has 0 fully saturated rings. The number of rotatable bonds is 9. The number of nitrogens with zero attached hydrogens (tertiary/aromatic N) is 2. The second-order valence-corrected chi connectivity index (χ2v) is 5.13. The third-order valence-electron chi connectivity index (χ3n) is 2.55. The molecule has 0 aromatic carbocycles. The lowest BCUT2D eigenvalue weighted by atomic mass is 10.3. The van der Waals surface area contributed by atoms with Gasteiger partial charge in [-0.05, 0) is 28.8 Å². The van der Waals surface area contributed by atoms with E-state index in [0.29, 0.717) is 18.8 Å². The molecule has 7 heteroatoms. The summed E-state index contributed by atoms with van der Waals surface area (Å²) in [5.41, 5.74) is 0. The number of carbonyl (C=O) groups excluding carboxylic acids is 1. The van der Waals surface area contributed by atoms with Gasteiger partial charge >= 0.3 is 0 Å². The predicted molar refractivity (Wildman–Crippen MR) is 84.9 cm³/mol. The highest BCUT2D eigenvalue weighted by Gasteiger charge is 2.08. The van der Waals surface area contributed by atoms with Gasteiger partial charge in [-0.2, -0.15) is 0 Å².